The van der Waals surface area contributed by atoms with Gasteiger partial charge in [0, 0.05) is 6.21 Å². The predicted molar refractivity (Wildman–Crippen MR) is 80.4 cm³/mol. The molecule has 1 N–H and O–H groups in total. The smallest absolute Gasteiger partial charge is 0.161 e. The summed E-state index contributed by atoms with van der Waals surface area (Å²) in [5.74, 6) is 0.617. The molecule has 0 amide bonds. The number of aromatic hydroxyl groups is 1. The average molecular weight is 263 g/mol. The maximum absolute atomic E-state index is 9.55. The second kappa shape index (κ2) is 5.64. The Balaban J connectivity index is 2.86. The summed E-state index contributed by atoms with van der Waals surface area (Å²) in [4.78, 5) is 4.65. The fourth-order valence-corrected chi connectivity index (χ4v) is 2.37. The molecule has 106 valence electrons. The van der Waals surface area contributed by atoms with Crippen molar-refractivity contribution in [1.82, 2.24) is 0 Å². The van der Waals surface area contributed by atoms with E-state index in [4.69, 9.17) is 4.74 Å². The lowest BCUT2D eigenvalue weighted by Gasteiger charge is -2.29. The van der Waals surface area contributed by atoms with Crippen molar-refractivity contribution >= 4 is 6.21 Å². The van der Waals surface area contributed by atoms with Gasteiger partial charge in [0.05, 0.1) is 12.6 Å². The second-order valence-electron chi connectivity index (χ2n) is 6.74. The third-order valence-corrected chi connectivity index (χ3v) is 2.73. The largest absolute Gasteiger partial charge is 0.504 e. The third kappa shape index (κ3) is 5.33. The van der Waals surface area contributed by atoms with Crippen molar-refractivity contribution in [3.05, 3.63) is 23.8 Å². The Kier molecular flexibility index (Phi) is 4.61. The van der Waals surface area contributed by atoms with Gasteiger partial charge in [-0.2, -0.15) is 0 Å². The second-order valence-corrected chi connectivity index (χ2v) is 6.74. The minimum Gasteiger partial charge on any atom is -0.504 e. The van der Waals surface area contributed by atoms with Crippen LogP contribution in [0.15, 0.2) is 23.2 Å². The van der Waals surface area contributed by atoms with Crippen LogP contribution in [-0.2, 0) is 0 Å². The zero-order valence-corrected chi connectivity index (χ0v) is 12.8. The SMILES string of the molecule is COc1cc(/C=N\C(C)(C)CC(C)(C)C)ccc1O. The van der Waals surface area contributed by atoms with Crippen molar-refractivity contribution in [2.45, 2.75) is 46.6 Å². The summed E-state index contributed by atoms with van der Waals surface area (Å²) in [5.41, 5.74) is 1.06. The van der Waals surface area contributed by atoms with E-state index in [1.54, 1.807) is 19.2 Å². The van der Waals surface area contributed by atoms with Crippen LogP contribution in [0.5, 0.6) is 11.5 Å². The van der Waals surface area contributed by atoms with Crippen LogP contribution in [0.1, 0.15) is 46.6 Å². The summed E-state index contributed by atoms with van der Waals surface area (Å²) in [6, 6.07) is 5.23. The van der Waals surface area contributed by atoms with Gasteiger partial charge in [-0.05, 0) is 49.4 Å². The number of nitrogens with zero attached hydrogens (tertiary/aromatic N) is 1. The molecule has 0 aromatic heterocycles. The lowest BCUT2D eigenvalue weighted by Crippen LogP contribution is -2.25. The van der Waals surface area contributed by atoms with E-state index in [1.807, 2.05) is 12.3 Å². The highest BCUT2D eigenvalue weighted by Gasteiger charge is 2.23. The molecule has 0 unspecified atom stereocenters. The highest BCUT2D eigenvalue weighted by Crippen LogP contribution is 2.30. The molecular formula is C16H25NO2. The molecule has 0 saturated heterocycles. The number of phenols is 1. The maximum Gasteiger partial charge on any atom is 0.161 e. The minimum atomic E-state index is -0.108. The van der Waals surface area contributed by atoms with Gasteiger partial charge < -0.3 is 9.84 Å². The lowest BCUT2D eigenvalue weighted by molar-refractivity contribution is 0.289. The molecule has 1 aromatic rings. The van der Waals surface area contributed by atoms with Crippen LogP contribution in [0.2, 0.25) is 0 Å². The van der Waals surface area contributed by atoms with E-state index in [0.29, 0.717) is 5.75 Å². The molecule has 0 fully saturated rings. The van der Waals surface area contributed by atoms with Gasteiger partial charge in [-0.1, -0.05) is 20.8 Å². The first-order valence-electron chi connectivity index (χ1n) is 6.55. The minimum absolute atomic E-state index is 0.108. The number of benzene rings is 1. The Labute approximate surface area is 116 Å². The maximum atomic E-state index is 9.55. The summed E-state index contributed by atoms with van der Waals surface area (Å²) < 4.78 is 5.09. The Bertz CT molecular complexity index is 456. The van der Waals surface area contributed by atoms with Crippen molar-refractivity contribution in [2.24, 2.45) is 10.4 Å². The van der Waals surface area contributed by atoms with Gasteiger partial charge in [0.1, 0.15) is 0 Å². The van der Waals surface area contributed by atoms with E-state index in [9.17, 15) is 5.11 Å². The van der Waals surface area contributed by atoms with Crippen LogP contribution >= 0.6 is 0 Å². The molecule has 0 aliphatic carbocycles. The zero-order chi connectivity index (χ0) is 14.7. The van der Waals surface area contributed by atoms with Gasteiger partial charge >= 0.3 is 0 Å². The Morgan fingerprint density at radius 3 is 2.37 bits per heavy atom. The standard InChI is InChI=1S/C16H25NO2/c1-15(2,3)11-16(4,5)17-10-12-7-8-13(18)14(9-12)19-6/h7-10,18H,11H2,1-6H3/b17-10-. The number of rotatable bonds is 4. The van der Waals surface area contributed by atoms with Crippen LogP contribution in [0.4, 0.5) is 0 Å². The fourth-order valence-electron chi connectivity index (χ4n) is 2.37. The number of ether oxygens (including phenoxy) is 1. The van der Waals surface area contributed by atoms with E-state index in [2.05, 4.69) is 39.6 Å². The highest BCUT2D eigenvalue weighted by atomic mass is 16.5. The summed E-state index contributed by atoms with van der Waals surface area (Å²) in [6.07, 6.45) is 2.85. The van der Waals surface area contributed by atoms with Crippen LogP contribution < -0.4 is 4.74 Å². The van der Waals surface area contributed by atoms with Crippen LogP contribution in [0.25, 0.3) is 0 Å². The van der Waals surface area contributed by atoms with E-state index in [1.165, 1.54) is 0 Å². The number of aliphatic imine (C=N–C) groups is 1. The van der Waals surface area contributed by atoms with Gasteiger partial charge in [-0.15, -0.1) is 0 Å². The fraction of sp³-hybridized carbons (Fsp3) is 0.562. The summed E-state index contributed by atoms with van der Waals surface area (Å²) in [5, 5.41) is 9.55. The number of methoxy groups -OCH3 is 1. The number of phenolic OH excluding ortho intramolecular Hbond substituents is 1. The van der Waals surface area contributed by atoms with Crippen molar-refractivity contribution < 1.29 is 9.84 Å². The first kappa shape index (κ1) is 15.5. The molecule has 3 nitrogen and oxygen atoms in total. The van der Waals surface area contributed by atoms with E-state index < -0.39 is 0 Å². The van der Waals surface area contributed by atoms with E-state index in [-0.39, 0.29) is 16.7 Å². The molecule has 0 spiro atoms. The van der Waals surface area contributed by atoms with E-state index in [0.717, 1.165) is 12.0 Å². The van der Waals surface area contributed by atoms with Gasteiger partial charge in [0.25, 0.3) is 0 Å². The van der Waals surface area contributed by atoms with Crippen molar-refractivity contribution in [2.75, 3.05) is 7.11 Å². The molecule has 0 aliphatic heterocycles. The van der Waals surface area contributed by atoms with Crippen LogP contribution in [0, 0.1) is 5.41 Å². The van der Waals surface area contributed by atoms with Crippen molar-refractivity contribution in [3.63, 3.8) is 0 Å². The molecule has 0 aliphatic rings. The normalized spacial score (nSPS) is 12.9. The quantitative estimate of drug-likeness (QED) is 0.833. The Morgan fingerprint density at radius 1 is 1.21 bits per heavy atom. The molecular weight excluding hydrogens is 238 g/mol. The predicted octanol–water partition coefficient (Wildman–Crippen LogP) is 4.03. The van der Waals surface area contributed by atoms with Crippen molar-refractivity contribution in [1.29, 1.82) is 0 Å². The molecule has 0 radical (unpaired) electrons. The monoisotopic (exact) mass is 263 g/mol. The summed E-state index contributed by atoms with van der Waals surface area (Å²) in [7, 11) is 1.54. The molecule has 1 rings (SSSR count). The summed E-state index contributed by atoms with van der Waals surface area (Å²) in [6.45, 7) is 10.9. The van der Waals surface area contributed by atoms with E-state index >= 15 is 0 Å². The topological polar surface area (TPSA) is 41.8 Å². The van der Waals surface area contributed by atoms with Gasteiger partial charge in [-0.25, -0.2) is 0 Å². The first-order chi connectivity index (χ1) is 8.63. The Hall–Kier alpha value is -1.51. The molecule has 0 atom stereocenters. The molecule has 3 heteroatoms. The molecule has 1 aromatic carbocycles. The lowest BCUT2D eigenvalue weighted by atomic mass is 9.82. The number of hydrogen-bond donors (Lipinski definition) is 1. The zero-order valence-electron chi connectivity index (χ0n) is 12.8. The molecule has 0 heterocycles. The highest BCUT2D eigenvalue weighted by molar-refractivity contribution is 5.81. The van der Waals surface area contributed by atoms with Gasteiger partial charge in [-0.3, -0.25) is 4.99 Å². The van der Waals surface area contributed by atoms with Crippen LogP contribution in [-0.4, -0.2) is 24.0 Å². The summed E-state index contributed by atoms with van der Waals surface area (Å²) >= 11 is 0. The van der Waals surface area contributed by atoms with Crippen LogP contribution in [0.3, 0.4) is 0 Å². The third-order valence-electron chi connectivity index (χ3n) is 2.73. The average Bonchev–Trinajstić information content (AvgIpc) is 2.25. The van der Waals surface area contributed by atoms with Gasteiger partial charge in [0.15, 0.2) is 11.5 Å². The van der Waals surface area contributed by atoms with Crippen molar-refractivity contribution in [3.8, 4) is 11.5 Å². The Morgan fingerprint density at radius 2 is 1.84 bits per heavy atom. The molecule has 19 heavy (non-hydrogen) atoms. The molecule has 0 bridgehead atoms. The van der Waals surface area contributed by atoms with Gasteiger partial charge in [0.2, 0.25) is 0 Å². The first-order valence-corrected chi connectivity index (χ1v) is 6.55. The molecule has 0 saturated carbocycles. The number of hydrogen-bond acceptors (Lipinski definition) is 3.